The van der Waals surface area contributed by atoms with Gasteiger partial charge in [0, 0.05) is 31.6 Å². The van der Waals surface area contributed by atoms with Crippen LogP contribution in [0.5, 0.6) is 0 Å². The highest BCUT2D eigenvalue weighted by atomic mass is 32.2. The molecule has 0 bridgehead atoms. The van der Waals surface area contributed by atoms with E-state index in [1.807, 2.05) is 25.1 Å². The first-order valence-corrected chi connectivity index (χ1v) is 9.43. The molecule has 5 nitrogen and oxygen atoms in total. The highest BCUT2D eigenvalue weighted by Crippen LogP contribution is 2.24. The first-order valence-electron chi connectivity index (χ1n) is 7.95. The number of ether oxygens (including phenoxy) is 1. The molecular formula is C18H22N2O3S. The average molecular weight is 346 g/mol. The summed E-state index contributed by atoms with van der Waals surface area (Å²) >= 11 is 0. The smallest absolute Gasteiger partial charge is 0.261 e. The van der Waals surface area contributed by atoms with Gasteiger partial charge in [-0.2, -0.15) is 0 Å². The molecule has 0 aliphatic carbocycles. The molecule has 0 saturated carbocycles. The molecule has 1 fully saturated rings. The van der Waals surface area contributed by atoms with Crippen molar-refractivity contribution >= 4 is 21.4 Å². The Labute approximate surface area is 143 Å². The first kappa shape index (κ1) is 16.8. The van der Waals surface area contributed by atoms with Crippen LogP contribution in [0.25, 0.3) is 0 Å². The van der Waals surface area contributed by atoms with Crippen LogP contribution < -0.4 is 9.62 Å². The Kier molecular flexibility index (Phi) is 4.78. The number of sulfonamides is 1. The lowest BCUT2D eigenvalue weighted by Crippen LogP contribution is -2.22. The van der Waals surface area contributed by atoms with E-state index in [0.717, 1.165) is 30.8 Å². The summed E-state index contributed by atoms with van der Waals surface area (Å²) in [4.78, 5) is 2.52. The summed E-state index contributed by atoms with van der Waals surface area (Å²) in [7, 11) is -1.83. The maximum Gasteiger partial charge on any atom is 0.261 e. The quantitative estimate of drug-likeness (QED) is 0.904. The van der Waals surface area contributed by atoms with Gasteiger partial charge in [0.1, 0.15) is 0 Å². The molecule has 1 saturated heterocycles. The van der Waals surface area contributed by atoms with Crippen molar-refractivity contribution in [3.63, 3.8) is 0 Å². The van der Waals surface area contributed by atoms with Gasteiger partial charge in [0.2, 0.25) is 0 Å². The normalized spacial score (nSPS) is 17.9. The molecule has 128 valence electrons. The topological polar surface area (TPSA) is 58.6 Å². The molecule has 1 unspecified atom stereocenters. The van der Waals surface area contributed by atoms with Crippen molar-refractivity contribution in [3.8, 4) is 0 Å². The number of rotatable bonds is 5. The van der Waals surface area contributed by atoms with E-state index in [1.165, 1.54) is 0 Å². The molecule has 1 atom stereocenters. The van der Waals surface area contributed by atoms with Gasteiger partial charge in [0.25, 0.3) is 10.0 Å². The predicted octanol–water partition coefficient (Wildman–Crippen LogP) is 3.02. The predicted molar refractivity (Wildman–Crippen MR) is 96.1 cm³/mol. The number of hydrogen-bond donors (Lipinski definition) is 1. The zero-order valence-electron chi connectivity index (χ0n) is 13.9. The van der Waals surface area contributed by atoms with Crippen molar-refractivity contribution in [3.05, 3.63) is 54.1 Å². The van der Waals surface area contributed by atoms with E-state index in [1.54, 1.807) is 37.4 Å². The van der Waals surface area contributed by atoms with Crippen LogP contribution in [-0.4, -0.2) is 34.7 Å². The highest BCUT2D eigenvalue weighted by Gasteiger charge is 2.22. The van der Waals surface area contributed by atoms with Gasteiger partial charge < -0.3 is 9.64 Å². The number of methoxy groups -OCH3 is 1. The molecule has 1 aliphatic heterocycles. The number of benzene rings is 2. The van der Waals surface area contributed by atoms with Crippen LogP contribution in [0.2, 0.25) is 0 Å². The SMILES string of the molecule is COC1CCN(c2ccc(NS(=O)(=O)c3cccc(C)c3)cc2)C1. The van der Waals surface area contributed by atoms with E-state index in [4.69, 9.17) is 4.74 Å². The zero-order valence-corrected chi connectivity index (χ0v) is 14.7. The van der Waals surface area contributed by atoms with Crippen molar-refractivity contribution in [2.75, 3.05) is 29.8 Å². The van der Waals surface area contributed by atoms with E-state index < -0.39 is 10.0 Å². The second-order valence-electron chi connectivity index (χ2n) is 6.06. The minimum Gasteiger partial charge on any atom is -0.380 e. The second kappa shape index (κ2) is 6.83. The molecule has 0 radical (unpaired) electrons. The van der Waals surface area contributed by atoms with E-state index in [0.29, 0.717) is 5.69 Å². The maximum atomic E-state index is 12.4. The summed E-state index contributed by atoms with van der Waals surface area (Å²) in [6.45, 7) is 3.69. The van der Waals surface area contributed by atoms with Gasteiger partial charge in [0.05, 0.1) is 11.0 Å². The van der Waals surface area contributed by atoms with Crippen LogP contribution in [-0.2, 0) is 14.8 Å². The Morgan fingerprint density at radius 3 is 2.54 bits per heavy atom. The van der Waals surface area contributed by atoms with Crippen LogP contribution in [0.1, 0.15) is 12.0 Å². The molecule has 0 spiro atoms. The summed E-state index contributed by atoms with van der Waals surface area (Å²) < 4.78 is 32.9. The molecule has 6 heteroatoms. The fourth-order valence-corrected chi connectivity index (χ4v) is 4.05. The summed E-state index contributed by atoms with van der Waals surface area (Å²) in [6.07, 6.45) is 1.28. The Morgan fingerprint density at radius 2 is 1.92 bits per heavy atom. The van der Waals surface area contributed by atoms with E-state index in [-0.39, 0.29) is 11.0 Å². The maximum absolute atomic E-state index is 12.4. The summed E-state index contributed by atoms with van der Waals surface area (Å²) in [6, 6.07) is 14.3. The minimum atomic E-state index is -3.56. The number of hydrogen-bond acceptors (Lipinski definition) is 4. The van der Waals surface area contributed by atoms with Crippen LogP contribution in [0, 0.1) is 6.92 Å². The van der Waals surface area contributed by atoms with Crippen molar-refractivity contribution in [2.24, 2.45) is 0 Å². The van der Waals surface area contributed by atoms with Crippen molar-refractivity contribution < 1.29 is 13.2 Å². The summed E-state index contributed by atoms with van der Waals surface area (Å²) in [5.74, 6) is 0. The van der Waals surface area contributed by atoms with Gasteiger partial charge in [-0.3, -0.25) is 4.72 Å². The van der Waals surface area contributed by atoms with Crippen molar-refractivity contribution in [2.45, 2.75) is 24.3 Å². The lowest BCUT2D eigenvalue weighted by Gasteiger charge is -2.19. The molecule has 0 aromatic heterocycles. The molecule has 1 N–H and O–H groups in total. The third-order valence-corrected chi connectivity index (χ3v) is 5.64. The van der Waals surface area contributed by atoms with Gasteiger partial charge in [-0.05, 0) is 55.3 Å². The Hall–Kier alpha value is -2.05. The van der Waals surface area contributed by atoms with Gasteiger partial charge in [-0.25, -0.2) is 8.42 Å². The van der Waals surface area contributed by atoms with Crippen molar-refractivity contribution in [1.82, 2.24) is 0 Å². The molecule has 0 amide bonds. The van der Waals surface area contributed by atoms with Gasteiger partial charge in [-0.1, -0.05) is 12.1 Å². The molecule has 1 aliphatic rings. The lowest BCUT2D eigenvalue weighted by atomic mass is 10.2. The molecule has 1 heterocycles. The van der Waals surface area contributed by atoms with E-state index in [9.17, 15) is 8.42 Å². The standard InChI is InChI=1S/C18H22N2O3S/c1-14-4-3-5-18(12-14)24(21,22)19-15-6-8-16(9-7-15)20-11-10-17(13-20)23-2/h3-9,12,17,19H,10-11,13H2,1-2H3. The van der Waals surface area contributed by atoms with Crippen molar-refractivity contribution in [1.29, 1.82) is 0 Å². The third-order valence-electron chi connectivity index (χ3n) is 4.26. The lowest BCUT2D eigenvalue weighted by molar-refractivity contribution is 0.121. The molecule has 2 aromatic rings. The minimum absolute atomic E-state index is 0.268. The molecule has 24 heavy (non-hydrogen) atoms. The fraction of sp³-hybridized carbons (Fsp3) is 0.333. The van der Waals surface area contributed by atoms with Gasteiger partial charge in [-0.15, -0.1) is 0 Å². The Balaban J connectivity index is 1.72. The zero-order chi connectivity index (χ0) is 17.2. The number of anilines is 2. The molecular weight excluding hydrogens is 324 g/mol. The number of nitrogens with zero attached hydrogens (tertiary/aromatic N) is 1. The molecule has 3 rings (SSSR count). The Morgan fingerprint density at radius 1 is 1.17 bits per heavy atom. The summed E-state index contributed by atoms with van der Waals surface area (Å²) in [5, 5.41) is 0. The Bertz CT molecular complexity index is 803. The average Bonchev–Trinajstić information content (AvgIpc) is 3.04. The number of aryl methyl sites for hydroxylation is 1. The van der Waals surface area contributed by atoms with Gasteiger partial charge >= 0.3 is 0 Å². The van der Waals surface area contributed by atoms with E-state index >= 15 is 0 Å². The van der Waals surface area contributed by atoms with E-state index in [2.05, 4.69) is 9.62 Å². The van der Waals surface area contributed by atoms with Crippen LogP contribution in [0.3, 0.4) is 0 Å². The second-order valence-corrected chi connectivity index (χ2v) is 7.74. The van der Waals surface area contributed by atoms with Crippen LogP contribution >= 0.6 is 0 Å². The molecule has 2 aromatic carbocycles. The summed E-state index contributed by atoms with van der Waals surface area (Å²) in [5.41, 5.74) is 2.55. The largest absolute Gasteiger partial charge is 0.380 e. The van der Waals surface area contributed by atoms with Gasteiger partial charge in [0.15, 0.2) is 0 Å². The monoisotopic (exact) mass is 346 g/mol. The van der Waals surface area contributed by atoms with Crippen LogP contribution in [0.4, 0.5) is 11.4 Å². The number of nitrogens with one attached hydrogen (secondary N) is 1. The first-order chi connectivity index (χ1) is 11.5. The highest BCUT2D eigenvalue weighted by molar-refractivity contribution is 7.92. The van der Waals surface area contributed by atoms with Crippen LogP contribution in [0.15, 0.2) is 53.4 Å². The fourth-order valence-electron chi connectivity index (χ4n) is 2.89. The third kappa shape index (κ3) is 3.71.